The average Bonchev–Trinajstić information content (AvgIpc) is 3.04. The van der Waals surface area contributed by atoms with Crippen molar-refractivity contribution in [2.75, 3.05) is 4.72 Å². The van der Waals surface area contributed by atoms with Crippen molar-refractivity contribution in [1.82, 2.24) is 4.57 Å². The summed E-state index contributed by atoms with van der Waals surface area (Å²) in [5, 5.41) is 0.584. The maximum absolute atomic E-state index is 12.8. The van der Waals surface area contributed by atoms with Crippen LogP contribution in [0, 0.1) is 0 Å². The van der Waals surface area contributed by atoms with Crippen molar-refractivity contribution >= 4 is 48.9 Å². The van der Waals surface area contributed by atoms with E-state index in [0.29, 0.717) is 27.5 Å². The zero-order chi connectivity index (χ0) is 21.3. The van der Waals surface area contributed by atoms with E-state index in [4.69, 9.17) is 11.6 Å². The summed E-state index contributed by atoms with van der Waals surface area (Å²) in [4.78, 5) is 12.5. The van der Waals surface area contributed by atoms with Gasteiger partial charge in [0.25, 0.3) is 10.0 Å². The number of fused-ring (bicyclic) bond motifs is 1. The molecule has 0 saturated carbocycles. The molecule has 1 heterocycles. The van der Waals surface area contributed by atoms with E-state index in [9.17, 15) is 13.2 Å². The van der Waals surface area contributed by atoms with E-state index in [1.807, 2.05) is 37.3 Å². The lowest BCUT2D eigenvalue weighted by Crippen LogP contribution is -2.14. The Morgan fingerprint density at radius 3 is 2.47 bits per heavy atom. The van der Waals surface area contributed by atoms with Gasteiger partial charge >= 0.3 is 4.87 Å². The Morgan fingerprint density at radius 2 is 1.77 bits per heavy atom. The van der Waals surface area contributed by atoms with Crippen LogP contribution >= 0.6 is 22.9 Å². The van der Waals surface area contributed by atoms with Crippen LogP contribution in [-0.4, -0.2) is 13.0 Å². The zero-order valence-corrected chi connectivity index (χ0v) is 18.5. The minimum Gasteiger partial charge on any atom is -0.294 e. The highest BCUT2D eigenvalue weighted by atomic mass is 35.5. The summed E-state index contributed by atoms with van der Waals surface area (Å²) >= 11 is 7.24. The van der Waals surface area contributed by atoms with E-state index in [2.05, 4.69) is 4.72 Å². The monoisotopic (exact) mass is 458 g/mol. The summed E-state index contributed by atoms with van der Waals surface area (Å²) in [5.41, 5.74) is 3.13. The summed E-state index contributed by atoms with van der Waals surface area (Å²) in [5.74, 6) is 0. The van der Waals surface area contributed by atoms with Gasteiger partial charge in [-0.25, -0.2) is 8.42 Å². The molecule has 30 heavy (non-hydrogen) atoms. The summed E-state index contributed by atoms with van der Waals surface area (Å²) in [6.45, 7) is 2.37. The van der Waals surface area contributed by atoms with Crippen LogP contribution in [0.5, 0.6) is 0 Å². The minimum absolute atomic E-state index is 0.112. The van der Waals surface area contributed by atoms with E-state index in [1.54, 1.807) is 28.8 Å². The fraction of sp³-hybridized carbons (Fsp3) is 0.136. The maximum atomic E-state index is 12.8. The van der Waals surface area contributed by atoms with Gasteiger partial charge in [-0.05, 0) is 53.9 Å². The van der Waals surface area contributed by atoms with E-state index in [1.165, 1.54) is 12.1 Å². The van der Waals surface area contributed by atoms with Gasteiger partial charge in [0.05, 0.1) is 21.7 Å². The van der Waals surface area contributed by atoms with Gasteiger partial charge in [0.1, 0.15) is 0 Å². The average molecular weight is 459 g/mol. The molecule has 0 aliphatic carbocycles. The van der Waals surface area contributed by atoms with Crippen molar-refractivity contribution in [2.45, 2.75) is 24.8 Å². The number of aromatic nitrogens is 1. The molecule has 0 fully saturated rings. The number of nitrogens with one attached hydrogen (secondary N) is 1. The molecule has 1 N–H and O–H groups in total. The van der Waals surface area contributed by atoms with Crippen molar-refractivity contribution in [3.63, 3.8) is 0 Å². The molecule has 0 atom stereocenters. The molecular weight excluding hydrogens is 440 g/mol. The minimum atomic E-state index is -3.77. The molecule has 3 aromatic carbocycles. The number of halogens is 1. The second-order valence-corrected chi connectivity index (χ2v) is 9.91. The van der Waals surface area contributed by atoms with E-state index < -0.39 is 10.0 Å². The molecule has 4 aromatic rings. The largest absolute Gasteiger partial charge is 0.308 e. The number of sulfonamides is 1. The molecule has 0 saturated heterocycles. The van der Waals surface area contributed by atoms with Crippen LogP contribution in [-0.2, 0) is 23.0 Å². The van der Waals surface area contributed by atoms with Gasteiger partial charge in [-0.1, -0.05) is 60.2 Å². The molecule has 0 spiro atoms. The molecule has 154 valence electrons. The van der Waals surface area contributed by atoms with Crippen molar-refractivity contribution in [2.24, 2.45) is 0 Å². The van der Waals surface area contributed by atoms with Crippen LogP contribution in [0.4, 0.5) is 5.69 Å². The summed E-state index contributed by atoms with van der Waals surface area (Å²) in [7, 11) is -3.77. The topological polar surface area (TPSA) is 68.2 Å². The second kappa shape index (κ2) is 8.26. The van der Waals surface area contributed by atoms with Crippen molar-refractivity contribution in [3.05, 3.63) is 92.5 Å². The number of aryl methyl sites for hydroxylation is 1. The lowest BCUT2D eigenvalue weighted by atomic mass is 10.2. The molecule has 0 radical (unpaired) electrons. The molecule has 0 unspecified atom stereocenters. The summed E-state index contributed by atoms with van der Waals surface area (Å²) in [6, 6.07) is 19.3. The Bertz CT molecular complexity index is 1370. The van der Waals surface area contributed by atoms with Crippen LogP contribution in [0.3, 0.4) is 0 Å². The smallest absolute Gasteiger partial charge is 0.294 e. The third-order valence-corrected chi connectivity index (χ3v) is 7.54. The van der Waals surface area contributed by atoms with Crippen molar-refractivity contribution in [1.29, 1.82) is 0 Å². The summed E-state index contributed by atoms with van der Waals surface area (Å²) < 4.78 is 30.4. The Labute approximate surface area is 183 Å². The van der Waals surface area contributed by atoms with Crippen molar-refractivity contribution < 1.29 is 8.42 Å². The number of thiazole rings is 1. The Balaban J connectivity index is 1.66. The maximum Gasteiger partial charge on any atom is 0.308 e. The van der Waals surface area contributed by atoms with Crippen LogP contribution in [0.1, 0.15) is 18.1 Å². The highest BCUT2D eigenvalue weighted by molar-refractivity contribution is 7.92. The summed E-state index contributed by atoms with van der Waals surface area (Å²) in [6.07, 6.45) is 0.883. The molecule has 4 rings (SSSR count). The number of benzene rings is 3. The predicted molar refractivity (Wildman–Crippen MR) is 123 cm³/mol. The molecular formula is C22H19ClN2O3S2. The van der Waals surface area contributed by atoms with Crippen LogP contribution in [0.15, 0.2) is 76.4 Å². The first kappa shape index (κ1) is 20.7. The lowest BCUT2D eigenvalue weighted by Gasteiger charge is -2.09. The third-order valence-electron chi connectivity index (χ3n) is 4.85. The highest BCUT2D eigenvalue weighted by Crippen LogP contribution is 2.25. The van der Waals surface area contributed by atoms with E-state index in [-0.39, 0.29) is 9.77 Å². The van der Waals surface area contributed by atoms with Crippen LogP contribution in [0.2, 0.25) is 5.02 Å². The standard InChI is InChI=1S/C22H19ClN2O3S2/c1-2-15-7-9-17(10-8-15)24-30(27,28)18-11-12-20-21(13-18)29-22(26)25(20)14-16-5-3-4-6-19(16)23/h3-13,24H,2,14H2,1H3. The first-order chi connectivity index (χ1) is 14.4. The number of hydrogen-bond acceptors (Lipinski definition) is 4. The van der Waals surface area contributed by atoms with Crippen LogP contribution in [0.25, 0.3) is 10.2 Å². The van der Waals surface area contributed by atoms with Gasteiger partial charge in [-0.2, -0.15) is 0 Å². The first-order valence-electron chi connectivity index (χ1n) is 9.36. The molecule has 0 aliphatic heterocycles. The Morgan fingerprint density at radius 1 is 1.03 bits per heavy atom. The lowest BCUT2D eigenvalue weighted by molar-refractivity contribution is 0.601. The first-order valence-corrected chi connectivity index (χ1v) is 12.0. The predicted octanol–water partition coefficient (Wildman–Crippen LogP) is 5.13. The molecule has 0 aliphatic rings. The van der Waals surface area contributed by atoms with E-state index in [0.717, 1.165) is 28.9 Å². The zero-order valence-electron chi connectivity index (χ0n) is 16.1. The molecule has 1 aromatic heterocycles. The molecule has 8 heteroatoms. The third kappa shape index (κ3) is 4.14. The van der Waals surface area contributed by atoms with E-state index >= 15 is 0 Å². The second-order valence-electron chi connectivity index (χ2n) is 6.83. The normalized spacial score (nSPS) is 11.7. The molecule has 5 nitrogen and oxygen atoms in total. The van der Waals surface area contributed by atoms with Gasteiger partial charge in [-0.3, -0.25) is 14.1 Å². The number of hydrogen-bond donors (Lipinski definition) is 1. The Kier molecular flexibility index (Phi) is 5.69. The van der Waals surface area contributed by atoms with Gasteiger partial charge in [0.15, 0.2) is 0 Å². The number of anilines is 1. The number of rotatable bonds is 6. The highest BCUT2D eigenvalue weighted by Gasteiger charge is 2.17. The van der Waals surface area contributed by atoms with Crippen molar-refractivity contribution in [3.8, 4) is 0 Å². The van der Waals surface area contributed by atoms with Gasteiger partial charge in [0, 0.05) is 10.7 Å². The fourth-order valence-corrected chi connectivity index (χ4v) is 5.47. The molecule has 0 amide bonds. The van der Waals surface area contributed by atoms with Crippen LogP contribution < -0.4 is 9.60 Å². The fourth-order valence-electron chi connectivity index (χ4n) is 3.18. The molecule has 0 bridgehead atoms. The van der Waals surface area contributed by atoms with Gasteiger partial charge in [-0.15, -0.1) is 0 Å². The number of nitrogens with zero attached hydrogens (tertiary/aromatic N) is 1. The SMILES string of the molecule is CCc1ccc(NS(=O)(=O)c2ccc3c(c2)sc(=O)n3Cc2ccccc2Cl)cc1. The van der Waals surface area contributed by atoms with Gasteiger partial charge in [0.2, 0.25) is 0 Å². The Hall–Kier alpha value is -2.61. The quantitative estimate of drug-likeness (QED) is 0.435. The van der Waals surface area contributed by atoms with Gasteiger partial charge < -0.3 is 0 Å².